The van der Waals surface area contributed by atoms with Crippen LogP contribution in [-0.2, 0) is 4.79 Å². The third-order valence-electron chi connectivity index (χ3n) is 3.11. The van der Waals surface area contributed by atoms with Crippen LogP contribution in [0.5, 0.6) is 0 Å². The maximum Gasteiger partial charge on any atom is 0.247 e. The van der Waals surface area contributed by atoms with Gasteiger partial charge in [0.2, 0.25) is 5.91 Å². The lowest BCUT2D eigenvalue weighted by Crippen LogP contribution is -2.49. The van der Waals surface area contributed by atoms with E-state index in [4.69, 9.17) is 0 Å². The van der Waals surface area contributed by atoms with Crippen LogP contribution < -0.4 is 5.32 Å². The zero-order valence-corrected chi connectivity index (χ0v) is 9.68. The molecule has 1 aliphatic carbocycles. The molecule has 0 aliphatic heterocycles. The van der Waals surface area contributed by atoms with E-state index < -0.39 is 0 Å². The molecule has 1 rings (SSSR count). The number of hydrogen-bond donors (Lipinski definition) is 2. The summed E-state index contributed by atoms with van der Waals surface area (Å²) in [5.41, 5.74) is 0.400. The van der Waals surface area contributed by atoms with Gasteiger partial charge in [-0.1, -0.05) is 25.8 Å². The standard InChI is InChI=1S/C12H21NO2/c1-3-6-10(2)11(15)13-12(9-14)7-4-5-8-12/h6,14H,3-5,7-9H2,1-2H3,(H,13,15). The molecule has 0 aromatic heterocycles. The molecule has 0 atom stereocenters. The Balaban J connectivity index is 2.59. The Morgan fingerprint density at radius 1 is 1.47 bits per heavy atom. The molecule has 1 saturated carbocycles. The Morgan fingerprint density at radius 3 is 2.53 bits per heavy atom. The molecular formula is C12H21NO2. The van der Waals surface area contributed by atoms with Crippen molar-refractivity contribution >= 4 is 5.91 Å². The van der Waals surface area contributed by atoms with Crippen molar-refractivity contribution in [1.82, 2.24) is 5.32 Å². The lowest BCUT2D eigenvalue weighted by Gasteiger charge is -2.28. The molecule has 15 heavy (non-hydrogen) atoms. The highest BCUT2D eigenvalue weighted by Gasteiger charge is 2.34. The lowest BCUT2D eigenvalue weighted by molar-refractivity contribution is -0.119. The average molecular weight is 211 g/mol. The normalized spacial score (nSPS) is 20.3. The van der Waals surface area contributed by atoms with Crippen LogP contribution in [0.25, 0.3) is 0 Å². The van der Waals surface area contributed by atoms with E-state index in [0.29, 0.717) is 0 Å². The summed E-state index contributed by atoms with van der Waals surface area (Å²) >= 11 is 0. The molecule has 1 amide bonds. The summed E-state index contributed by atoms with van der Waals surface area (Å²) < 4.78 is 0. The van der Waals surface area contributed by atoms with Gasteiger partial charge < -0.3 is 10.4 Å². The summed E-state index contributed by atoms with van der Waals surface area (Å²) in [5.74, 6) is -0.0344. The van der Waals surface area contributed by atoms with Gasteiger partial charge in [0.25, 0.3) is 0 Å². The first kappa shape index (κ1) is 12.2. The molecule has 2 N–H and O–H groups in total. The van der Waals surface area contributed by atoms with Crippen molar-refractivity contribution in [2.75, 3.05) is 6.61 Å². The maximum absolute atomic E-state index is 11.8. The fraction of sp³-hybridized carbons (Fsp3) is 0.750. The van der Waals surface area contributed by atoms with Crippen molar-refractivity contribution in [3.05, 3.63) is 11.6 Å². The quantitative estimate of drug-likeness (QED) is 0.696. The zero-order valence-electron chi connectivity index (χ0n) is 9.68. The Morgan fingerprint density at radius 2 is 2.07 bits per heavy atom. The van der Waals surface area contributed by atoms with Crippen LogP contribution in [0, 0.1) is 0 Å². The van der Waals surface area contributed by atoms with Gasteiger partial charge >= 0.3 is 0 Å². The van der Waals surface area contributed by atoms with Crippen LogP contribution in [0.3, 0.4) is 0 Å². The molecular weight excluding hydrogens is 190 g/mol. The fourth-order valence-electron chi connectivity index (χ4n) is 2.11. The number of carbonyl (C=O) groups excluding carboxylic acids is 1. The van der Waals surface area contributed by atoms with E-state index >= 15 is 0 Å². The molecule has 86 valence electrons. The number of aliphatic hydroxyl groups excluding tert-OH is 1. The molecule has 0 heterocycles. The fourth-order valence-corrected chi connectivity index (χ4v) is 2.11. The largest absolute Gasteiger partial charge is 0.394 e. The summed E-state index contributed by atoms with van der Waals surface area (Å²) in [7, 11) is 0. The smallest absolute Gasteiger partial charge is 0.247 e. The van der Waals surface area contributed by atoms with Crippen molar-refractivity contribution in [2.45, 2.75) is 51.5 Å². The number of hydrogen-bond acceptors (Lipinski definition) is 2. The van der Waals surface area contributed by atoms with Gasteiger partial charge in [-0.25, -0.2) is 0 Å². The van der Waals surface area contributed by atoms with Crippen molar-refractivity contribution in [2.24, 2.45) is 0 Å². The van der Waals surface area contributed by atoms with Crippen LogP contribution in [0.4, 0.5) is 0 Å². The summed E-state index contributed by atoms with van der Waals surface area (Å²) in [6, 6.07) is 0. The third kappa shape index (κ3) is 3.06. The number of amides is 1. The van der Waals surface area contributed by atoms with Crippen LogP contribution in [0.2, 0.25) is 0 Å². The number of nitrogens with one attached hydrogen (secondary N) is 1. The SMILES string of the molecule is CCC=C(C)C(=O)NC1(CO)CCCC1. The van der Waals surface area contributed by atoms with Crippen molar-refractivity contribution in [1.29, 1.82) is 0 Å². The highest BCUT2D eigenvalue weighted by atomic mass is 16.3. The number of allylic oxidation sites excluding steroid dienone is 1. The Hall–Kier alpha value is -0.830. The first-order valence-electron chi connectivity index (χ1n) is 5.74. The molecule has 0 aromatic rings. The summed E-state index contributed by atoms with van der Waals surface area (Å²) in [5, 5.41) is 12.3. The second-order valence-corrected chi connectivity index (χ2v) is 4.40. The van der Waals surface area contributed by atoms with Crippen molar-refractivity contribution in [3.8, 4) is 0 Å². The third-order valence-corrected chi connectivity index (χ3v) is 3.11. The molecule has 0 radical (unpaired) electrons. The van der Waals surface area contributed by atoms with E-state index in [-0.39, 0.29) is 18.1 Å². The predicted octanol–water partition coefficient (Wildman–Crippen LogP) is 1.76. The molecule has 0 bridgehead atoms. The monoisotopic (exact) mass is 211 g/mol. The Labute approximate surface area is 91.6 Å². The van der Waals surface area contributed by atoms with Gasteiger partial charge in [-0.3, -0.25) is 4.79 Å². The Kier molecular flexibility index (Phi) is 4.33. The Bertz CT molecular complexity index is 252. The van der Waals surface area contributed by atoms with Crippen LogP contribution in [0.15, 0.2) is 11.6 Å². The van der Waals surface area contributed by atoms with E-state index in [0.717, 1.165) is 37.7 Å². The molecule has 0 saturated heterocycles. The second-order valence-electron chi connectivity index (χ2n) is 4.40. The zero-order chi connectivity index (χ0) is 11.3. The minimum absolute atomic E-state index is 0.0344. The molecule has 0 aromatic carbocycles. The van der Waals surface area contributed by atoms with Gasteiger partial charge in [-0.2, -0.15) is 0 Å². The van der Waals surface area contributed by atoms with E-state index in [1.807, 2.05) is 19.9 Å². The molecule has 0 unspecified atom stereocenters. The van der Waals surface area contributed by atoms with Gasteiger partial charge in [0.15, 0.2) is 0 Å². The molecule has 3 heteroatoms. The number of aliphatic hydroxyl groups is 1. The van der Waals surface area contributed by atoms with Gasteiger partial charge in [-0.05, 0) is 26.2 Å². The van der Waals surface area contributed by atoms with Gasteiger partial charge in [-0.15, -0.1) is 0 Å². The lowest BCUT2D eigenvalue weighted by atomic mass is 9.98. The molecule has 1 aliphatic rings. The number of rotatable bonds is 4. The number of carbonyl (C=O) groups is 1. The van der Waals surface area contributed by atoms with Crippen LogP contribution >= 0.6 is 0 Å². The maximum atomic E-state index is 11.8. The van der Waals surface area contributed by atoms with E-state index in [1.165, 1.54) is 0 Å². The molecule has 0 spiro atoms. The van der Waals surface area contributed by atoms with E-state index in [9.17, 15) is 9.90 Å². The first-order chi connectivity index (χ1) is 7.13. The van der Waals surface area contributed by atoms with Gasteiger partial charge in [0, 0.05) is 5.57 Å². The van der Waals surface area contributed by atoms with E-state index in [1.54, 1.807) is 0 Å². The molecule has 3 nitrogen and oxygen atoms in total. The molecule has 1 fully saturated rings. The average Bonchev–Trinajstić information content (AvgIpc) is 2.67. The highest BCUT2D eigenvalue weighted by molar-refractivity contribution is 5.93. The van der Waals surface area contributed by atoms with Crippen LogP contribution in [-0.4, -0.2) is 23.2 Å². The minimum Gasteiger partial charge on any atom is -0.394 e. The summed E-state index contributed by atoms with van der Waals surface area (Å²) in [6.45, 7) is 3.88. The van der Waals surface area contributed by atoms with Gasteiger partial charge in [0.05, 0.1) is 12.1 Å². The second kappa shape index (κ2) is 5.31. The van der Waals surface area contributed by atoms with Crippen molar-refractivity contribution in [3.63, 3.8) is 0 Å². The minimum atomic E-state index is -0.347. The van der Waals surface area contributed by atoms with E-state index in [2.05, 4.69) is 5.32 Å². The van der Waals surface area contributed by atoms with Gasteiger partial charge in [0.1, 0.15) is 0 Å². The summed E-state index contributed by atoms with van der Waals surface area (Å²) in [6.07, 6.45) is 6.76. The summed E-state index contributed by atoms with van der Waals surface area (Å²) in [4.78, 5) is 11.8. The topological polar surface area (TPSA) is 49.3 Å². The predicted molar refractivity (Wildman–Crippen MR) is 60.5 cm³/mol. The van der Waals surface area contributed by atoms with Crippen LogP contribution in [0.1, 0.15) is 46.0 Å². The first-order valence-corrected chi connectivity index (χ1v) is 5.74. The van der Waals surface area contributed by atoms with Crippen molar-refractivity contribution < 1.29 is 9.90 Å². The highest BCUT2D eigenvalue weighted by Crippen LogP contribution is 2.29.